The summed E-state index contributed by atoms with van der Waals surface area (Å²) in [6, 6.07) is 15.1. The number of nitrogens with zero attached hydrogens (tertiary/aromatic N) is 2. The van der Waals surface area contributed by atoms with E-state index in [1.165, 1.54) is 0 Å². The van der Waals surface area contributed by atoms with Crippen molar-refractivity contribution in [2.45, 2.75) is 18.4 Å². The van der Waals surface area contributed by atoms with Gasteiger partial charge in [-0.25, -0.2) is 0 Å². The van der Waals surface area contributed by atoms with E-state index in [4.69, 9.17) is 16.1 Å². The van der Waals surface area contributed by atoms with Crippen LogP contribution in [0.2, 0.25) is 5.02 Å². The molecule has 0 amide bonds. The highest BCUT2D eigenvalue weighted by Crippen LogP contribution is 2.19. The number of benzene rings is 2. The zero-order chi connectivity index (χ0) is 16.2. The van der Waals surface area contributed by atoms with Gasteiger partial charge in [0.05, 0.1) is 0 Å². The van der Waals surface area contributed by atoms with Crippen LogP contribution in [-0.2, 0) is 22.3 Å². The van der Waals surface area contributed by atoms with Crippen molar-refractivity contribution < 1.29 is 8.73 Å². The van der Waals surface area contributed by atoms with Gasteiger partial charge in [0.2, 0.25) is 11.7 Å². The minimum Gasteiger partial charge on any atom is -0.338 e. The number of halogens is 1. The topological polar surface area (TPSA) is 56.0 Å². The largest absolute Gasteiger partial charge is 0.338 e. The molecule has 6 heteroatoms. The second kappa shape index (κ2) is 7.06. The van der Waals surface area contributed by atoms with E-state index in [0.29, 0.717) is 22.5 Å². The molecule has 0 saturated heterocycles. The molecule has 0 unspecified atom stereocenters. The van der Waals surface area contributed by atoms with Gasteiger partial charge in [-0.3, -0.25) is 4.21 Å². The molecule has 23 heavy (non-hydrogen) atoms. The maximum atomic E-state index is 12.3. The zero-order valence-electron chi connectivity index (χ0n) is 12.5. The summed E-state index contributed by atoms with van der Waals surface area (Å²) < 4.78 is 17.5. The molecule has 0 saturated carbocycles. The van der Waals surface area contributed by atoms with Crippen LogP contribution in [0.25, 0.3) is 11.4 Å². The molecule has 1 heterocycles. The van der Waals surface area contributed by atoms with Crippen molar-refractivity contribution in [2.24, 2.45) is 0 Å². The van der Waals surface area contributed by atoms with Gasteiger partial charge in [-0.15, -0.1) is 0 Å². The van der Waals surface area contributed by atoms with Crippen LogP contribution >= 0.6 is 11.6 Å². The molecule has 1 aromatic heterocycles. The molecule has 0 aliphatic rings. The first-order valence-corrected chi connectivity index (χ1v) is 8.96. The van der Waals surface area contributed by atoms with Gasteiger partial charge in [-0.2, -0.15) is 4.98 Å². The molecule has 0 aliphatic heterocycles. The molecule has 0 spiro atoms. The SMILES string of the molecule is Cc1ccccc1C[S@](=O)Cc1nc(-c2ccc(Cl)cc2)no1. The van der Waals surface area contributed by atoms with Crippen LogP contribution in [-0.4, -0.2) is 14.3 Å². The standard InChI is InChI=1S/C17H15ClN2O2S/c1-12-4-2-3-5-14(12)10-23(21)11-16-19-17(20-22-16)13-6-8-15(18)9-7-13/h2-9H,10-11H2,1H3/t23-/m0/s1. The molecule has 118 valence electrons. The maximum absolute atomic E-state index is 12.3. The second-order valence-corrected chi connectivity index (χ2v) is 7.07. The average molecular weight is 347 g/mol. The van der Waals surface area contributed by atoms with E-state index < -0.39 is 10.8 Å². The molecule has 0 fully saturated rings. The van der Waals surface area contributed by atoms with Gasteiger partial charge >= 0.3 is 0 Å². The molecule has 0 bridgehead atoms. The van der Waals surface area contributed by atoms with Crippen molar-refractivity contribution in [3.8, 4) is 11.4 Å². The summed E-state index contributed by atoms with van der Waals surface area (Å²) in [6.45, 7) is 2.01. The van der Waals surface area contributed by atoms with Crippen molar-refractivity contribution in [3.05, 3.63) is 70.6 Å². The highest BCUT2D eigenvalue weighted by Gasteiger charge is 2.12. The van der Waals surface area contributed by atoms with E-state index in [1.807, 2.05) is 43.3 Å². The summed E-state index contributed by atoms with van der Waals surface area (Å²) >= 11 is 5.86. The van der Waals surface area contributed by atoms with Crippen LogP contribution in [0.1, 0.15) is 17.0 Å². The molecule has 0 N–H and O–H groups in total. The van der Waals surface area contributed by atoms with E-state index in [0.717, 1.165) is 16.7 Å². The van der Waals surface area contributed by atoms with Crippen molar-refractivity contribution in [1.29, 1.82) is 0 Å². The summed E-state index contributed by atoms with van der Waals surface area (Å²) in [4.78, 5) is 4.30. The number of hydrogen-bond donors (Lipinski definition) is 0. The van der Waals surface area contributed by atoms with Crippen LogP contribution in [0.15, 0.2) is 53.1 Å². The predicted octanol–water partition coefficient (Wildman–Crippen LogP) is 4.15. The highest BCUT2D eigenvalue weighted by atomic mass is 35.5. The van der Waals surface area contributed by atoms with Crippen LogP contribution < -0.4 is 0 Å². The maximum Gasteiger partial charge on any atom is 0.239 e. The minimum atomic E-state index is -1.10. The Hall–Kier alpha value is -1.98. The summed E-state index contributed by atoms with van der Waals surface area (Å²) in [7, 11) is -1.10. The molecular formula is C17H15ClN2O2S. The monoisotopic (exact) mass is 346 g/mol. The Labute approximate surface area is 142 Å². The smallest absolute Gasteiger partial charge is 0.239 e. The predicted molar refractivity (Wildman–Crippen MR) is 91.5 cm³/mol. The number of aromatic nitrogens is 2. The van der Waals surface area contributed by atoms with Crippen LogP contribution in [0, 0.1) is 6.92 Å². The van der Waals surface area contributed by atoms with Crippen molar-refractivity contribution in [2.75, 3.05) is 0 Å². The second-order valence-electron chi connectivity index (χ2n) is 5.17. The van der Waals surface area contributed by atoms with E-state index in [1.54, 1.807) is 12.1 Å². The van der Waals surface area contributed by atoms with Gasteiger partial charge in [0.25, 0.3) is 0 Å². The van der Waals surface area contributed by atoms with Crippen molar-refractivity contribution in [1.82, 2.24) is 10.1 Å². The Morgan fingerprint density at radius 3 is 2.57 bits per heavy atom. The number of rotatable bonds is 5. The Morgan fingerprint density at radius 2 is 1.83 bits per heavy atom. The average Bonchev–Trinajstić information content (AvgIpc) is 2.98. The lowest BCUT2D eigenvalue weighted by atomic mass is 10.1. The Kier molecular flexibility index (Phi) is 4.88. The Morgan fingerprint density at radius 1 is 1.09 bits per heavy atom. The molecular weight excluding hydrogens is 332 g/mol. The Bertz CT molecular complexity index is 831. The fourth-order valence-electron chi connectivity index (χ4n) is 2.16. The number of hydrogen-bond acceptors (Lipinski definition) is 4. The van der Waals surface area contributed by atoms with E-state index in [9.17, 15) is 4.21 Å². The molecule has 4 nitrogen and oxygen atoms in total. The highest BCUT2D eigenvalue weighted by molar-refractivity contribution is 7.83. The fourth-order valence-corrected chi connectivity index (χ4v) is 3.46. The molecule has 2 aromatic carbocycles. The van der Waals surface area contributed by atoms with Crippen molar-refractivity contribution in [3.63, 3.8) is 0 Å². The van der Waals surface area contributed by atoms with E-state index in [-0.39, 0.29) is 5.75 Å². The first kappa shape index (κ1) is 15.9. The molecule has 1 atom stereocenters. The summed E-state index contributed by atoms with van der Waals surface area (Å²) in [5.41, 5.74) is 3.02. The van der Waals surface area contributed by atoms with Crippen LogP contribution in [0.3, 0.4) is 0 Å². The minimum absolute atomic E-state index is 0.245. The molecule has 3 aromatic rings. The zero-order valence-corrected chi connectivity index (χ0v) is 14.1. The summed E-state index contributed by atoms with van der Waals surface area (Å²) in [5.74, 6) is 1.58. The van der Waals surface area contributed by atoms with E-state index in [2.05, 4.69) is 10.1 Å². The van der Waals surface area contributed by atoms with Gasteiger partial charge in [-0.05, 0) is 42.3 Å². The summed E-state index contributed by atoms with van der Waals surface area (Å²) in [5, 5.41) is 4.58. The first-order chi connectivity index (χ1) is 11.1. The molecule has 0 radical (unpaired) electrons. The summed E-state index contributed by atoms with van der Waals surface area (Å²) in [6.07, 6.45) is 0. The van der Waals surface area contributed by atoms with Gasteiger partial charge in [0.1, 0.15) is 5.75 Å². The van der Waals surface area contributed by atoms with Gasteiger partial charge in [0.15, 0.2) is 0 Å². The molecule has 0 aliphatic carbocycles. The normalized spacial score (nSPS) is 12.3. The van der Waals surface area contributed by atoms with Crippen molar-refractivity contribution >= 4 is 22.4 Å². The van der Waals surface area contributed by atoms with E-state index >= 15 is 0 Å². The molecule has 3 rings (SSSR count). The Balaban J connectivity index is 1.68. The number of aryl methyl sites for hydroxylation is 1. The van der Waals surface area contributed by atoms with Gasteiger partial charge in [0, 0.05) is 27.1 Å². The third-order valence-electron chi connectivity index (χ3n) is 3.43. The lowest BCUT2D eigenvalue weighted by Gasteiger charge is -2.03. The van der Waals surface area contributed by atoms with Crippen LogP contribution in [0.4, 0.5) is 0 Å². The van der Waals surface area contributed by atoms with Gasteiger partial charge < -0.3 is 4.52 Å². The van der Waals surface area contributed by atoms with Gasteiger partial charge in [-0.1, -0.05) is 41.0 Å². The third-order valence-corrected chi connectivity index (χ3v) is 4.89. The lowest BCUT2D eigenvalue weighted by Crippen LogP contribution is -2.01. The quantitative estimate of drug-likeness (QED) is 0.696. The third kappa shape index (κ3) is 4.06. The first-order valence-electron chi connectivity index (χ1n) is 7.10. The van der Waals surface area contributed by atoms with Crippen LogP contribution in [0.5, 0.6) is 0 Å². The fraction of sp³-hybridized carbons (Fsp3) is 0.176. The lowest BCUT2D eigenvalue weighted by molar-refractivity contribution is 0.390.